The van der Waals surface area contributed by atoms with E-state index < -0.39 is 0 Å². The maximum absolute atomic E-state index is 5.66. The molecule has 1 aromatic heterocycles. The quantitative estimate of drug-likeness (QED) is 0.654. The average Bonchev–Trinajstić information content (AvgIpc) is 2.38. The summed E-state index contributed by atoms with van der Waals surface area (Å²) in [6.07, 6.45) is 0.932. The number of nitrogens with one attached hydrogen (secondary N) is 1. The first-order chi connectivity index (χ1) is 9.06. The summed E-state index contributed by atoms with van der Waals surface area (Å²) in [5.74, 6) is 7.00. The van der Waals surface area contributed by atoms with Gasteiger partial charge in [0.05, 0.1) is 23.7 Å². The van der Waals surface area contributed by atoms with Gasteiger partial charge in [0, 0.05) is 5.69 Å². The number of ether oxygens (including phenoxy) is 1. The SMILES string of the molecule is COc1ccc(C)c2nc(CC(C)C)cc(NN)c12. The molecule has 0 aliphatic carbocycles. The number of rotatable bonds is 4. The van der Waals surface area contributed by atoms with Gasteiger partial charge in [0.15, 0.2) is 0 Å². The summed E-state index contributed by atoms with van der Waals surface area (Å²) in [6, 6.07) is 5.97. The van der Waals surface area contributed by atoms with Crippen LogP contribution in [-0.2, 0) is 6.42 Å². The molecule has 4 nitrogen and oxygen atoms in total. The van der Waals surface area contributed by atoms with Crippen LogP contribution in [-0.4, -0.2) is 12.1 Å². The van der Waals surface area contributed by atoms with Gasteiger partial charge in [-0.05, 0) is 37.0 Å². The summed E-state index contributed by atoms with van der Waals surface area (Å²) in [5, 5.41) is 0.942. The first kappa shape index (κ1) is 13.6. The van der Waals surface area contributed by atoms with Crippen molar-refractivity contribution in [3.05, 3.63) is 29.5 Å². The van der Waals surface area contributed by atoms with E-state index in [0.29, 0.717) is 5.92 Å². The lowest BCUT2D eigenvalue weighted by Gasteiger charge is -2.14. The standard InChI is InChI=1S/C15H21N3O/c1-9(2)7-11-8-12(18-16)14-13(19-4)6-5-10(3)15(14)17-11/h5-6,8-9H,7,16H2,1-4H3,(H,17,18). The number of anilines is 1. The van der Waals surface area contributed by atoms with Crippen LogP contribution in [0.2, 0.25) is 0 Å². The van der Waals surface area contributed by atoms with Gasteiger partial charge < -0.3 is 10.2 Å². The number of fused-ring (bicyclic) bond motifs is 1. The molecule has 0 saturated heterocycles. The molecule has 0 amide bonds. The lowest BCUT2D eigenvalue weighted by Crippen LogP contribution is -2.10. The number of nitrogen functional groups attached to an aromatic ring is 1. The number of pyridine rings is 1. The molecule has 3 N–H and O–H groups in total. The molecular formula is C15H21N3O. The van der Waals surface area contributed by atoms with Gasteiger partial charge in [-0.3, -0.25) is 10.8 Å². The van der Waals surface area contributed by atoms with Crippen molar-refractivity contribution >= 4 is 16.6 Å². The molecule has 1 heterocycles. The molecule has 0 unspecified atom stereocenters. The molecule has 0 aliphatic heterocycles. The highest BCUT2D eigenvalue weighted by Gasteiger charge is 2.12. The van der Waals surface area contributed by atoms with Crippen molar-refractivity contribution in [2.45, 2.75) is 27.2 Å². The Balaban J connectivity index is 2.72. The Morgan fingerprint density at radius 2 is 2.11 bits per heavy atom. The molecule has 0 bridgehead atoms. The Morgan fingerprint density at radius 3 is 2.68 bits per heavy atom. The molecule has 0 saturated carbocycles. The molecule has 0 atom stereocenters. The Labute approximate surface area is 113 Å². The molecule has 0 fully saturated rings. The maximum atomic E-state index is 5.66. The van der Waals surface area contributed by atoms with E-state index in [1.54, 1.807) is 7.11 Å². The highest BCUT2D eigenvalue weighted by Crippen LogP contribution is 2.33. The fourth-order valence-electron chi connectivity index (χ4n) is 2.30. The summed E-state index contributed by atoms with van der Waals surface area (Å²) in [6.45, 7) is 6.41. The summed E-state index contributed by atoms with van der Waals surface area (Å²) in [5.41, 5.74) is 6.75. The van der Waals surface area contributed by atoms with Crippen LogP contribution in [0.25, 0.3) is 10.9 Å². The van der Waals surface area contributed by atoms with E-state index in [1.165, 1.54) is 0 Å². The minimum absolute atomic E-state index is 0.557. The Bertz CT molecular complexity index is 593. The van der Waals surface area contributed by atoms with Crippen LogP contribution in [0.1, 0.15) is 25.1 Å². The third-order valence-electron chi connectivity index (χ3n) is 3.17. The van der Waals surface area contributed by atoms with Crippen LogP contribution in [0.15, 0.2) is 18.2 Å². The summed E-state index contributed by atoms with van der Waals surface area (Å²) in [4.78, 5) is 4.76. The molecule has 1 aromatic carbocycles. The Morgan fingerprint density at radius 1 is 1.37 bits per heavy atom. The second-order valence-electron chi connectivity index (χ2n) is 5.21. The van der Waals surface area contributed by atoms with E-state index in [9.17, 15) is 0 Å². The van der Waals surface area contributed by atoms with Gasteiger partial charge in [-0.15, -0.1) is 0 Å². The number of nitrogens with zero attached hydrogens (tertiary/aromatic N) is 1. The van der Waals surface area contributed by atoms with E-state index in [-0.39, 0.29) is 0 Å². The zero-order valence-electron chi connectivity index (χ0n) is 11.9. The number of hydrogen-bond donors (Lipinski definition) is 2. The molecule has 102 valence electrons. The van der Waals surface area contributed by atoms with Crippen molar-refractivity contribution in [2.24, 2.45) is 11.8 Å². The van der Waals surface area contributed by atoms with Crippen LogP contribution in [0.3, 0.4) is 0 Å². The number of methoxy groups -OCH3 is 1. The zero-order valence-corrected chi connectivity index (χ0v) is 11.9. The Hall–Kier alpha value is -1.81. The van der Waals surface area contributed by atoms with Gasteiger partial charge in [0.1, 0.15) is 5.75 Å². The van der Waals surface area contributed by atoms with Gasteiger partial charge >= 0.3 is 0 Å². The van der Waals surface area contributed by atoms with Crippen LogP contribution >= 0.6 is 0 Å². The van der Waals surface area contributed by atoms with Crippen molar-refractivity contribution in [1.29, 1.82) is 0 Å². The number of aryl methyl sites for hydroxylation is 1. The maximum Gasteiger partial charge on any atom is 0.130 e. The fraction of sp³-hybridized carbons (Fsp3) is 0.400. The lowest BCUT2D eigenvalue weighted by molar-refractivity contribution is 0.420. The molecule has 0 radical (unpaired) electrons. The molecule has 2 rings (SSSR count). The van der Waals surface area contributed by atoms with Crippen molar-refractivity contribution in [1.82, 2.24) is 4.98 Å². The molecule has 19 heavy (non-hydrogen) atoms. The van der Waals surface area contributed by atoms with Crippen LogP contribution < -0.4 is 16.0 Å². The normalized spacial score (nSPS) is 11.1. The van der Waals surface area contributed by atoms with Crippen molar-refractivity contribution < 1.29 is 4.74 Å². The minimum Gasteiger partial charge on any atom is -0.496 e. The summed E-state index contributed by atoms with van der Waals surface area (Å²) in [7, 11) is 1.66. The number of benzene rings is 1. The Kier molecular flexibility index (Phi) is 3.90. The number of hydrazine groups is 1. The van der Waals surface area contributed by atoms with Gasteiger partial charge in [0.2, 0.25) is 0 Å². The van der Waals surface area contributed by atoms with Gasteiger partial charge in [-0.25, -0.2) is 0 Å². The predicted molar refractivity (Wildman–Crippen MR) is 79.4 cm³/mol. The zero-order chi connectivity index (χ0) is 14.0. The molecule has 0 aliphatic rings. The van der Waals surface area contributed by atoms with Crippen LogP contribution in [0, 0.1) is 12.8 Å². The third kappa shape index (κ3) is 2.63. The van der Waals surface area contributed by atoms with Gasteiger partial charge in [-0.1, -0.05) is 19.9 Å². The second-order valence-corrected chi connectivity index (χ2v) is 5.21. The van der Waals surface area contributed by atoms with Crippen LogP contribution in [0.4, 0.5) is 5.69 Å². The molecule has 2 aromatic rings. The first-order valence-corrected chi connectivity index (χ1v) is 6.50. The van der Waals surface area contributed by atoms with Crippen LogP contribution in [0.5, 0.6) is 5.75 Å². The number of nitrogens with two attached hydrogens (primary N) is 1. The van der Waals surface area contributed by atoms with Gasteiger partial charge in [-0.2, -0.15) is 0 Å². The third-order valence-corrected chi connectivity index (χ3v) is 3.17. The number of aromatic nitrogens is 1. The van der Waals surface area contributed by atoms with Crippen molar-refractivity contribution in [3.8, 4) is 5.75 Å². The highest BCUT2D eigenvalue weighted by atomic mass is 16.5. The lowest BCUT2D eigenvalue weighted by atomic mass is 10.0. The molecular weight excluding hydrogens is 238 g/mol. The van der Waals surface area contributed by atoms with Crippen molar-refractivity contribution in [2.75, 3.05) is 12.5 Å². The topological polar surface area (TPSA) is 60.2 Å². The summed E-state index contributed by atoms with van der Waals surface area (Å²) >= 11 is 0. The van der Waals surface area contributed by atoms with E-state index >= 15 is 0 Å². The smallest absolute Gasteiger partial charge is 0.130 e. The first-order valence-electron chi connectivity index (χ1n) is 6.50. The largest absolute Gasteiger partial charge is 0.496 e. The van der Waals surface area contributed by atoms with Crippen molar-refractivity contribution in [3.63, 3.8) is 0 Å². The number of hydrogen-bond acceptors (Lipinski definition) is 4. The highest BCUT2D eigenvalue weighted by molar-refractivity contribution is 5.98. The fourth-order valence-corrected chi connectivity index (χ4v) is 2.30. The monoisotopic (exact) mass is 259 g/mol. The van der Waals surface area contributed by atoms with E-state index in [2.05, 4.69) is 19.3 Å². The van der Waals surface area contributed by atoms with E-state index in [4.69, 9.17) is 15.6 Å². The van der Waals surface area contributed by atoms with E-state index in [1.807, 2.05) is 25.1 Å². The second kappa shape index (κ2) is 5.45. The average molecular weight is 259 g/mol. The van der Waals surface area contributed by atoms with Gasteiger partial charge in [0.25, 0.3) is 0 Å². The summed E-state index contributed by atoms with van der Waals surface area (Å²) < 4.78 is 5.41. The molecule has 4 heteroatoms. The minimum atomic E-state index is 0.557. The predicted octanol–water partition coefficient (Wildman–Crippen LogP) is 3.04. The van der Waals surface area contributed by atoms with E-state index in [0.717, 1.165) is 40.0 Å². The molecule has 0 spiro atoms.